The summed E-state index contributed by atoms with van der Waals surface area (Å²) in [5, 5.41) is 6.28. The van der Waals surface area contributed by atoms with Crippen LogP contribution in [0.4, 0.5) is 4.79 Å². The minimum Gasteiger partial charge on any atom is -0.338 e. The highest BCUT2D eigenvalue weighted by atomic mass is 16.2. The molecule has 5 fully saturated rings. The zero-order valence-corrected chi connectivity index (χ0v) is 17.1. The van der Waals surface area contributed by atoms with Crippen LogP contribution >= 0.6 is 0 Å². The van der Waals surface area contributed by atoms with E-state index in [1.165, 1.54) is 19.3 Å². The van der Waals surface area contributed by atoms with Crippen molar-refractivity contribution in [1.29, 1.82) is 0 Å². The van der Waals surface area contributed by atoms with Gasteiger partial charge in [0.1, 0.15) is 0 Å². The van der Waals surface area contributed by atoms with Gasteiger partial charge in [-0.2, -0.15) is 0 Å². The third kappa shape index (κ3) is 3.86. The number of amides is 3. The van der Waals surface area contributed by atoms with Gasteiger partial charge < -0.3 is 15.5 Å². The second kappa shape index (κ2) is 7.62. The largest absolute Gasteiger partial charge is 0.338 e. The highest BCUT2D eigenvalue weighted by Gasteiger charge is 2.51. The van der Waals surface area contributed by atoms with Crippen molar-refractivity contribution in [3.05, 3.63) is 30.1 Å². The first-order valence-corrected chi connectivity index (χ1v) is 11.4. The smallest absolute Gasteiger partial charge is 0.315 e. The first-order chi connectivity index (χ1) is 14.1. The van der Waals surface area contributed by atoms with Crippen molar-refractivity contribution in [1.82, 2.24) is 20.5 Å². The van der Waals surface area contributed by atoms with E-state index in [0.29, 0.717) is 13.0 Å². The first kappa shape index (κ1) is 18.9. The van der Waals surface area contributed by atoms with Gasteiger partial charge in [0, 0.05) is 37.4 Å². The Balaban J connectivity index is 1.11. The summed E-state index contributed by atoms with van der Waals surface area (Å²) in [6.07, 6.45) is 13.5. The van der Waals surface area contributed by atoms with Crippen LogP contribution in [0.5, 0.6) is 0 Å². The van der Waals surface area contributed by atoms with Crippen molar-refractivity contribution in [2.45, 2.75) is 69.4 Å². The van der Waals surface area contributed by atoms with Crippen molar-refractivity contribution in [3.63, 3.8) is 0 Å². The molecular formula is C23H32N4O2. The van der Waals surface area contributed by atoms with E-state index >= 15 is 0 Å². The van der Waals surface area contributed by atoms with Crippen LogP contribution in [0.15, 0.2) is 24.5 Å². The maximum Gasteiger partial charge on any atom is 0.315 e. The average molecular weight is 397 g/mol. The number of hydrogen-bond acceptors (Lipinski definition) is 3. The number of urea groups is 1. The lowest BCUT2D eigenvalue weighted by Gasteiger charge is -2.56. The Labute approximate surface area is 172 Å². The number of aromatic nitrogens is 1. The van der Waals surface area contributed by atoms with Crippen molar-refractivity contribution in [2.24, 2.45) is 17.8 Å². The summed E-state index contributed by atoms with van der Waals surface area (Å²) >= 11 is 0. The Morgan fingerprint density at radius 2 is 1.86 bits per heavy atom. The van der Waals surface area contributed by atoms with Gasteiger partial charge in [-0.05, 0) is 80.8 Å². The molecule has 1 aliphatic heterocycles. The Kier molecular flexibility index (Phi) is 4.96. The second-order valence-corrected chi connectivity index (χ2v) is 9.86. The number of pyridine rings is 1. The van der Waals surface area contributed by atoms with Crippen molar-refractivity contribution in [3.8, 4) is 0 Å². The molecule has 0 spiro atoms. The van der Waals surface area contributed by atoms with Crippen LogP contribution in [-0.2, 0) is 4.79 Å². The molecule has 3 amide bonds. The highest BCUT2D eigenvalue weighted by Crippen LogP contribution is 2.55. The summed E-state index contributed by atoms with van der Waals surface area (Å²) in [5.74, 6) is 2.54. The average Bonchev–Trinajstić information content (AvgIpc) is 3.17. The van der Waals surface area contributed by atoms with Crippen LogP contribution < -0.4 is 10.6 Å². The molecule has 0 radical (unpaired) electrons. The van der Waals surface area contributed by atoms with E-state index in [-0.39, 0.29) is 23.5 Å². The number of likely N-dealkylation sites (tertiary alicyclic amines) is 1. The molecular weight excluding hydrogens is 364 g/mol. The summed E-state index contributed by atoms with van der Waals surface area (Å²) in [6, 6.07) is 4.00. The predicted octanol–water partition coefficient (Wildman–Crippen LogP) is 3.40. The molecule has 4 aliphatic carbocycles. The van der Waals surface area contributed by atoms with Gasteiger partial charge in [-0.15, -0.1) is 0 Å². The van der Waals surface area contributed by atoms with Gasteiger partial charge in [0.25, 0.3) is 0 Å². The van der Waals surface area contributed by atoms with E-state index < -0.39 is 0 Å². The third-order valence-corrected chi connectivity index (χ3v) is 7.68. The molecule has 2 heterocycles. The lowest BCUT2D eigenvalue weighted by Crippen LogP contribution is -2.61. The first-order valence-electron chi connectivity index (χ1n) is 11.4. The molecule has 4 bridgehead atoms. The Bertz CT molecular complexity index is 730. The maximum absolute atomic E-state index is 12.8. The molecule has 29 heavy (non-hydrogen) atoms. The summed E-state index contributed by atoms with van der Waals surface area (Å²) in [6.45, 7) is 1.19. The zero-order valence-electron chi connectivity index (χ0n) is 17.1. The fraction of sp³-hybridized carbons (Fsp3) is 0.696. The van der Waals surface area contributed by atoms with Crippen LogP contribution in [0.25, 0.3) is 0 Å². The van der Waals surface area contributed by atoms with E-state index in [1.807, 2.05) is 23.2 Å². The molecule has 6 heteroatoms. The molecule has 6 nitrogen and oxygen atoms in total. The second-order valence-electron chi connectivity index (χ2n) is 9.86. The zero-order chi connectivity index (χ0) is 19.8. The van der Waals surface area contributed by atoms with Crippen LogP contribution in [0.1, 0.15) is 69.4 Å². The van der Waals surface area contributed by atoms with Gasteiger partial charge >= 0.3 is 6.03 Å². The van der Waals surface area contributed by atoms with Crippen LogP contribution in [-0.4, -0.2) is 40.5 Å². The number of carbonyl (C=O) groups is 2. The summed E-state index contributed by atoms with van der Waals surface area (Å²) < 4.78 is 0. The Hall–Kier alpha value is -2.11. The topological polar surface area (TPSA) is 74.3 Å². The molecule has 1 saturated heterocycles. The third-order valence-electron chi connectivity index (χ3n) is 7.68. The van der Waals surface area contributed by atoms with Crippen LogP contribution in [0.2, 0.25) is 0 Å². The number of hydrogen-bond donors (Lipinski definition) is 2. The molecule has 0 aromatic carbocycles. The van der Waals surface area contributed by atoms with Crippen LogP contribution in [0, 0.1) is 17.8 Å². The number of nitrogens with zero attached hydrogens (tertiary/aromatic N) is 2. The number of nitrogens with one attached hydrogen (secondary N) is 2. The SMILES string of the molecule is O=C(NCCC(=O)N1CCC[C@H]1c1cccnc1)NC12CC3CC(CC(C3)C1)C2. The Morgan fingerprint density at radius 1 is 1.14 bits per heavy atom. The number of rotatable bonds is 5. The highest BCUT2D eigenvalue weighted by molar-refractivity contribution is 5.79. The van der Waals surface area contributed by atoms with Crippen molar-refractivity contribution in [2.75, 3.05) is 13.1 Å². The minimum atomic E-state index is -0.0926. The van der Waals surface area contributed by atoms with E-state index in [2.05, 4.69) is 15.6 Å². The summed E-state index contributed by atoms with van der Waals surface area (Å²) in [7, 11) is 0. The van der Waals surface area contributed by atoms with Gasteiger partial charge in [0.15, 0.2) is 0 Å². The quantitative estimate of drug-likeness (QED) is 0.801. The molecule has 0 unspecified atom stereocenters. The van der Waals surface area contributed by atoms with Crippen molar-refractivity contribution >= 4 is 11.9 Å². The summed E-state index contributed by atoms with van der Waals surface area (Å²) in [4.78, 5) is 31.5. The molecule has 1 aromatic rings. The van der Waals surface area contributed by atoms with E-state index in [0.717, 1.165) is 62.0 Å². The fourth-order valence-electron chi connectivity index (χ4n) is 6.96. The van der Waals surface area contributed by atoms with Gasteiger partial charge in [-0.1, -0.05) is 6.07 Å². The van der Waals surface area contributed by atoms with Gasteiger partial charge in [0.05, 0.1) is 6.04 Å². The van der Waals surface area contributed by atoms with E-state index in [4.69, 9.17) is 0 Å². The standard InChI is InChI=1S/C23H32N4O2/c28-21(27-8-2-4-20(27)19-3-1-6-24-15-19)5-7-25-22(29)26-23-12-16-9-17(13-23)11-18(10-16)14-23/h1,3,6,15-18,20H,2,4-5,7-14H2,(H2,25,26,29)/t16?,17?,18?,20-,23?/m0/s1. The van der Waals surface area contributed by atoms with Crippen molar-refractivity contribution < 1.29 is 9.59 Å². The molecule has 1 atom stereocenters. The molecule has 156 valence electrons. The Morgan fingerprint density at radius 3 is 2.52 bits per heavy atom. The molecule has 6 rings (SSSR count). The minimum absolute atomic E-state index is 0.0171. The maximum atomic E-state index is 12.8. The van der Waals surface area contributed by atoms with Crippen LogP contribution in [0.3, 0.4) is 0 Å². The van der Waals surface area contributed by atoms with E-state index in [1.54, 1.807) is 6.20 Å². The number of carbonyl (C=O) groups excluding carboxylic acids is 2. The lowest BCUT2D eigenvalue weighted by molar-refractivity contribution is -0.132. The molecule has 4 saturated carbocycles. The van der Waals surface area contributed by atoms with E-state index in [9.17, 15) is 9.59 Å². The van der Waals surface area contributed by atoms with Gasteiger partial charge in [-0.3, -0.25) is 9.78 Å². The van der Waals surface area contributed by atoms with Gasteiger partial charge in [0.2, 0.25) is 5.91 Å². The summed E-state index contributed by atoms with van der Waals surface area (Å²) in [5.41, 5.74) is 1.12. The molecule has 2 N–H and O–H groups in total. The predicted molar refractivity (Wildman–Crippen MR) is 110 cm³/mol. The normalized spacial score (nSPS) is 35.0. The monoisotopic (exact) mass is 396 g/mol. The molecule has 1 aromatic heterocycles. The lowest BCUT2D eigenvalue weighted by atomic mass is 9.53. The molecule has 5 aliphatic rings. The van der Waals surface area contributed by atoms with Gasteiger partial charge in [-0.25, -0.2) is 4.79 Å². The fourth-order valence-corrected chi connectivity index (χ4v) is 6.96.